The number of nitrogens with zero attached hydrogens (tertiary/aromatic N) is 2. The molecule has 15 amide bonds. The number of carboxylic acids is 4. The van der Waals surface area contributed by atoms with Gasteiger partial charge in [-0.3, -0.25) is 91.3 Å². The van der Waals surface area contributed by atoms with Gasteiger partial charge in [0, 0.05) is 44.8 Å². The number of carbonyl (C=O) groups excluding carboxylic acids is 15. The van der Waals surface area contributed by atoms with Crippen molar-refractivity contribution in [3.63, 3.8) is 0 Å². The highest BCUT2D eigenvalue weighted by atomic mass is 16.4. The largest absolute Gasteiger partial charge is 0.481 e. The number of carboxylic acid groups (broad SMARTS) is 4. The SMILES string of the molecule is CCCC[C@H](NC(=O)[C@H](Cc1c[nH]cn1)NC(=O)[C@H](CCC(N)=O)NC(=O)[C@H](CCCN=C(N)N)NC(=O)[C@H](CCC(=O)O)NC(=O)[C@H](Cc1ccccc1)NC(=O)[C@H](CCCCN)NC(=O)[C@H](C)NC(=O)[C@H](C)NC(=O)[C@H](C)NC(=O)[C@@H](NC(=O)[C@H](CCC(=O)O)NC(=O)[C@@H](N)CCCCN)[C@@H](C)O)C(=O)N[C@@H](CC(=O)O)C(=O)N[C@@H](CO)C(=O)O. The number of benzene rings is 1. The highest BCUT2D eigenvalue weighted by Gasteiger charge is 2.39. The van der Waals surface area contributed by atoms with E-state index in [4.69, 9.17) is 34.4 Å². The van der Waals surface area contributed by atoms with E-state index in [1.165, 1.54) is 33.3 Å². The molecule has 0 saturated heterocycles. The lowest BCUT2D eigenvalue weighted by Gasteiger charge is -2.28. The molecule has 680 valence electrons. The quantitative estimate of drug-likeness (QED) is 0.0166. The van der Waals surface area contributed by atoms with Gasteiger partial charge in [-0.15, -0.1) is 0 Å². The van der Waals surface area contributed by atoms with E-state index >= 15 is 0 Å². The topological polar surface area (TPSA) is 811 Å². The van der Waals surface area contributed by atoms with E-state index in [9.17, 15) is 122 Å². The van der Waals surface area contributed by atoms with Gasteiger partial charge in [0.05, 0.1) is 37.2 Å². The number of aromatic amines is 1. The average molecular weight is 1730 g/mol. The first kappa shape index (κ1) is 106. The van der Waals surface area contributed by atoms with Gasteiger partial charge < -0.3 is 144 Å². The number of carbonyl (C=O) groups is 19. The van der Waals surface area contributed by atoms with E-state index in [1.54, 1.807) is 37.3 Å². The van der Waals surface area contributed by atoms with Crippen molar-refractivity contribution in [2.45, 2.75) is 260 Å². The molecule has 1 aromatic carbocycles. The molecule has 0 aliphatic carbocycles. The predicted molar refractivity (Wildman–Crippen MR) is 431 cm³/mol. The Balaban J connectivity index is 2.53. The molecule has 0 spiro atoms. The Bertz CT molecular complexity index is 3870. The Morgan fingerprint density at radius 2 is 0.795 bits per heavy atom. The standard InChI is InChI=1S/C74H119N23O25/c1-6-7-19-44(64(112)95-52(33-57(105)106)71(119)96-53(35-98)73(121)122)90-70(118)51(32-42-34-81-36-83-42)94-67(115)47(22-25-54(78)100)91-63(111)46(21-15-30-82-74(79)80)89-66(114)48(23-26-55(101)102)92-69(117)50(31-41-16-9-8-10-17-41)93-65(113)45(20-12-14-29-76)87-61(109)39(4)85-59(107)37(2)84-60(108)38(3)86-72(120)58(40(5)99)97-68(116)49(24-27-56(103)104)88-62(110)43(77)18-11-13-28-75/h8-10,16-17,34,36-40,43-53,58,98-99H,6-7,11-15,18-33,35,75-77H2,1-5H3,(H2,78,100)(H,81,83)(H,84,108)(H,85,107)(H,86,120)(H,87,109)(H,88,110)(H,89,114)(H,90,118)(H,91,111)(H,92,117)(H,93,113)(H,94,115)(H,95,112)(H,96,119)(H,97,116)(H,101,102)(H,103,104)(H,105,106)(H,121,122)(H4,79,80,82)/t37-,38-,39-,40+,43-,44-,45-,46-,47-,48-,49-,50-,51-,52-,53-,58-/m0/s1. The van der Waals surface area contributed by atoms with Crippen LogP contribution in [0.15, 0.2) is 47.8 Å². The van der Waals surface area contributed by atoms with E-state index in [1.807, 2.05) is 5.32 Å². The molecule has 33 N–H and O–H groups in total. The molecule has 0 aliphatic heterocycles. The number of imidazole rings is 1. The molecule has 0 saturated carbocycles. The highest BCUT2D eigenvalue weighted by Crippen LogP contribution is 2.14. The van der Waals surface area contributed by atoms with Crippen LogP contribution in [0, 0.1) is 0 Å². The summed E-state index contributed by atoms with van der Waals surface area (Å²) in [5, 5.41) is 91.4. The zero-order valence-corrected chi connectivity index (χ0v) is 68.5. The number of aromatic nitrogens is 2. The average Bonchev–Trinajstić information content (AvgIpc) is 1.40. The number of H-pyrrole nitrogens is 1. The van der Waals surface area contributed by atoms with Gasteiger partial charge in [-0.1, -0.05) is 56.5 Å². The molecule has 0 radical (unpaired) electrons. The fraction of sp³-hybridized carbons (Fsp3) is 0.608. The molecule has 48 heteroatoms. The number of rotatable bonds is 61. The fourth-order valence-electron chi connectivity index (χ4n) is 11.5. The summed E-state index contributed by atoms with van der Waals surface area (Å²) in [4.78, 5) is 266. The summed E-state index contributed by atoms with van der Waals surface area (Å²) in [6.07, 6.45) is -3.27. The summed E-state index contributed by atoms with van der Waals surface area (Å²) in [7, 11) is 0. The number of primary amides is 1. The Labute approximate surface area is 701 Å². The number of unbranched alkanes of at least 4 members (excludes halogenated alkanes) is 3. The first-order chi connectivity index (χ1) is 57.5. The summed E-state index contributed by atoms with van der Waals surface area (Å²) < 4.78 is 0. The van der Waals surface area contributed by atoms with Crippen LogP contribution < -0.4 is 109 Å². The van der Waals surface area contributed by atoms with Crippen molar-refractivity contribution in [3.05, 3.63) is 54.1 Å². The molecule has 0 bridgehead atoms. The van der Waals surface area contributed by atoms with Crippen molar-refractivity contribution >= 4 is 118 Å². The minimum atomic E-state index is -1.96. The molecule has 1 aromatic heterocycles. The van der Waals surface area contributed by atoms with Gasteiger partial charge >= 0.3 is 23.9 Å². The lowest BCUT2D eigenvalue weighted by molar-refractivity contribution is -0.144. The number of aliphatic hydroxyl groups is 2. The molecule has 2 rings (SSSR count). The lowest BCUT2D eigenvalue weighted by atomic mass is 10.0. The monoisotopic (exact) mass is 1730 g/mol. The maximum absolute atomic E-state index is 14.8. The van der Waals surface area contributed by atoms with Gasteiger partial charge in [0.15, 0.2) is 5.96 Å². The van der Waals surface area contributed by atoms with Crippen LogP contribution in [0.25, 0.3) is 0 Å². The number of aliphatic imine (C=N–C) groups is 1. The number of amides is 15. The first-order valence-electron chi connectivity index (χ1n) is 39.5. The van der Waals surface area contributed by atoms with Crippen molar-refractivity contribution in [2.24, 2.45) is 39.4 Å². The molecule has 0 fully saturated rings. The van der Waals surface area contributed by atoms with Crippen molar-refractivity contribution in [3.8, 4) is 0 Å². The van der Waals surface area contributed by atoms with Crippen molar-refractivity contribution < 1.29 is 122 Å². The van der Waals surface area contributed by atoms with Crippen LogP contribution in [0.5, 0.6) is 0 Å². The maximum atomic E-state index is 14.8. The van der Waals surface area contributed by atoms with E-state index in [-0.39, 0.29) is 76.1 Å². The number of guanidine groups is 1. The molecule has 48 nitrogen and oxygen atoms in total. The molecule has 0 unspecified atom stereocenters. The van der Waals surface area contributed by atoms with E-state index in [0.717, 1.165) is 6.92 Å². The second-order valence-corrected chi connectivity index (χ2v) is 28.7. The zero-order valence-electron chi connectivity index (χ0n) is 68.5. The van der Waals surface area contributed by atoms with Gasteiger partial charge in [-0.2, -0.15) is 0 Å². The van der Waals surface area contributed by atoms with Gasteiger partial charge in [0.25, 0.3) is 0 Å². The van der Waals surface area contributed by atoms with Crippen LogP contribution in [0.1, 0.15) is 161 Å². The number of nitrogens with one attached hydrogen (secondary N) is 15. The Morgan fingerprint density at radius 1 is 0.418 bits per heavy atom. The van der Waals surface area contributed by atoms with Crippen molar-refractivity contribution in [1.29, 1.82) is 0 Å². The van der Waals surface area contributed by atoms with Crippen LogP contribution >= 0.6 is 0 Å². The van der Waals surface area contributed by atoms with E-state index in [2.05, 4.69) is 84.1 Å². The van der Waals surface area contributed by atoms with Crippen molar-refractivity contribution in [2.75, 3.05) is 26.2 Å². The van der Waals surface area contributed by atoms with Gasteiger partial charge in [-0.25, -0.2) is 9.78 Å². The fourth-order valence-corrected chi connectivity index (χ4v) is 11.5. The zero-order chi connectivity index (χ0) is 91.9. The minimum absolute atomic E-state index is 0.118. The molecular formula is C74H119N23O25. The number of hydrogen-bond donors (Lipinski definition) is 27. The highest BCUT2D eigenvalue weighted by molar-refractivity contribution is 6.01. The van der Waals surface area contributed by atoms with Gasteiger partial charge in [0.2, 0.25) is 88.6 Å². The van der Waals surface area contributed by atoms with Crippen LogP contribution in [-0.2, 0) is 104 Å². The number of aliphatic carboxylic acids is 4. The number of hydrogen-bond acceptors (Lipinski definition) is 26. The normalized spacial score (nSPS) is 14.9. The molecule has 2 aromatic rings. The first-order valence-corrected chi connectivity index (χ1v) is 39.5. The predicted octanol–water partition coefficient (Wildman–Crippen LogP) is -9.20. The van der Waals surface area contributed by atoms with Gasteiger partial charge in [-0.05, 0) is 117 Å². The second kappa shape index (κ2) is 56.0. The Kier molecular flexibility index (Phi) is 48.5. The third kappa shape index (κ3) is 40.9. The number of aliphatic hydroxyl groups excluding tert-OH is 2. The molecule has 122 heavy (non-hydrogen) atoms. The van der Waals surface area contributed by atoms with Crippen molar-refractivity contribution in [1.82, 2.24) is 84.4 Å². The van der Waals surface area contributed by atoms with Crippen LogP contribution in [0.3, 0.4) is 0 Å². The minimum Gasteiger partial charge on any atom is -0.481 e. The maximum Gasteiger partial charge on any atom is 0.328 e. The van der Waals surface area contributed by atoms with E-state index < -0.39 is 267 Å². The van der Waals surface area contributed by atoms with Crippen LogP contribution in [0.4, 0.5) is 0 Å². The smallest absolute Gasteiger partial charge is 0.328 e. The van der Waals surface area contributed by atoms with Crippen LogP contribution in [-0.4, -0.2) is 282 Å². The second-order valence-electron chi connectivity index (χ2n) is 28.7. The van der Waals surface area contributed by atoms with E-state index in [0.29, 0.717) is 37.8 Å². The third-order valence-electron chi connectivity index (χ3n) is 18.5. The summed E-state index contributed by atoms with van der Waals surface area (Å²) >= 11 is 0. The lowest BCUT2D eigenvalue weighted by Crippen LogP contribution is -2.61. The summed E-state index contributed by atoms with van der Waals surface area (Å²) in [5.41, 5.74) is 34.4. The van der Waals surface area contributed by atoms with Crippen LogP contribution in [0.2, 0.25) is 0 Å². The Hall–Kier alpha value is -12.6. The third-order valence-corrected chi connectivity index (χ3v) is 18.5. The Morgan fingerprint density at radius 3 is 1.21 bits per heavy atom. The summed E-state index contributed by atoms with van der Waals surface area (Å²) in [5.74, 6) is -22.8. The molecule has 0 aliphatic rings. The van der Waals surface area contributed by atoms with Gasteiger partial charge in [0.1, 0.15) is 84.6 Å². The molecule has 1 heterocycles. The summed E-state index contributed by atoms with van der Waals surface area (Å²) in [6.45, 7) is 5.57. The number of nitrogens with two attached hydrogens (primary N) is 6. The summed E-state index contributed by atoms with van der Waals surface area (Å²) in [6, 6.07) is -16.7. The molecular weight excluding hydrogens is 1610 g/mol. The molecule has 16 atom stereocenters.